The molecule has 2 atom stereocenters. The van der Waals surface area contributed by atoms with Gasteiger partial charge in [0.2, 0.25) is 0 Å². The predicted molar refractivity (Wildman–Crippen MR) is 58.9 cm³/mol. The molecule has 3 rings (SSSR count). The largest absolute Gasteiger partial charge is 0.445 e. The zero-order valence-electron chi connectivity index (χ0n) is 8.93. The molecule has 1 aromatic carbocycles. The molecule has 16 heavy (non-hydrogen) atoms. The fraction of sp³-hybridized carbons (Fsp3) is 0.417. The molecule has 2 aliphatic rings. The summed E-state index contributed by atoms with van der Waals surface area (Å²) in [6.07, 6.45) is -0.188. The van der Waals surface area contributed by atoms with E-state index in [0.717, 1.165) is 18.7 Å². The summed E-state index contributed by atoms with van der Waals surface area (Å²) in [6, 6.07) is 10.6. The smallest absolute Gasteiger partial charge is 0.410 e. The number of carbonyl (C=O) groups is 1. The highest BCUT2D eigenvalue weighted by Gasteiger charge is 2.48. The zero-order chi connectivity index (χ0) is 11.0. The number of nitrogens with zero attached hydrogens (tertiary/aromatic N) is 1. The summed E-state index contributed by atoms with van der Waals surface area (Å²) in [7, 11) is 0. The predicted octanol–water partition coefficient (Wildman–Crippen LogP) is 0.979. The van der Waals surface area contributed by atoms with Gasteiger partial charge in [-0.3, -0.25) is 0 Å². The standard InChI is InChI=1S/C12H14N2O2/c15-12(14-7-10-11(14)6-13-10)16-8-9-4-2-1-3-5-9/h1-5,10-11,13H,6-8H2. The van der Waals surface area contributed by atoms with Crippen molar-refractivity contribution in [1.29, 1.82) is 0 Å². The molecule has 0 radical (unpaired) electrons. The molecule has 1 N–H and O–H groups in total. The first-order valence-electron chi connectivity index (χ1n) is 5.55. The fourth-order valence-electron chi connectivity index (χ4n) is 2.13. The number of nitrogens with one attached hydrogen (secondary N) is 1. The summed E-state index contributed by atoms with van der Waals surface area (Å²) in [5, 5.41) is 3.25. The van der Waals surface area contributed by atoms with Gasteiger partial charge in [-0.1, -0.05) is 30.3 Å². The SMILES string of the molecule is O=C(OCc1ccccc1)N1CC2NCC21. The Balaban J connectivity index is 1.50. The van der Waals surface area contributed by atoms with Crippen molar-refractivity contribution in [2.45, 2.75) is 18.7 Å². The molecule has 0 spiro atoms. The van der Waals surface area contributed by atoms with Gasteiger partial charge in [-0.15, -0.1) is 0 Å². The number of rotatable bonds is 2. The Morgan fingerprint density at radius 1 is 1.44 bits per heavy atom. The molecule has 2 unspecified atom stereocenters. The third-order valence-corrected chi connectivity index (χ3v) is 3.29. The Morgan fingerprint density at radius 3 is 2.81 bits per heavy atom. The number of hydrogen-bond donors (Lipinski definition) is 1. The van der Waals surface area contributed by atoms with E-state index in [9.17, 15) is 4.79 Å². The lowest BCUT2D eigenvalue weighted by Gasteiger charge is -2.55. The lowest BCUT2D eigenvalue weighted by atomic mass is 9.89. The number of likely N-dealkylation sites (tertiary alicyclic amines) is 1. The zero-order valence-corrected chi connectivity index (χ0v) is 8.93. The van der Waals surface area contributed by atoms with Crippen molar-refractivity contribution in [3.8, 4) is 0 Å². The molecule has 0 bridgehead atoms. The van der Waals surface area contributed by atoms with Gasteiger partial charge in [0.15, 0.2) is 0 Å². The molecule has 2 heterocycles. The van der Waals surface area contributed by atoms with E-state index >= 15 is 0 Å². The summed E-state index contributed by atoms with van der Waals surface area (Å²) < 4.78 is 5.24. The molecule has 84 valence electrons. The molecule has 0 saturated carbocycles. The summed E-state index contributed by atoms with van der Waals surface area (Å²) in [6.45, 7) is 2.06. The topological polar surface area (TPSA) is 41.6 Å². The maximum absolute atomic E-state index is 11.7. The fourth-order valence-corrected chi connectivity index (χ4v) is 2.13. The van der Waals surface area contributed by atoms with Gasteiger partial charge < -0.3 is 15.0 Å². The van der Waals surface area contributed by atoms with Gasteiger partial charge >= 0.3 is 6.09 Å². The van der Waals surface area contributed by atoms with Crippen LogP contribution in [-0.4, -0.2) is 36.2 Å². The van der Waals surface area contributed by atoms with Gasteiger partial charge in [0.1, 0.15) is 6.61 Å². The quantitative estimate of drug-likeness (QED) is 0.804. The van der Waals surface area contributed by atoms with Crippen LogP contribution in [0.5, 0.6) is 0 Å². The molecule has 1 aromatic rings. The summed E-state index contributed by atoms with van der Waals surface area (Å²) in [5.74, 6) is 0. The number of amides is 1. The van der Waals surface area contributed by atoms with E-state index < -0.39 is 0 Å². The second kappa shape index (κ2) is 3.79. The van der Waals surface area contributed by atoms with Crippen LogP contribution in [0.4, 0.5) is 4.79 Å². The first-order chi connectivity index (χ1) is 7.84. The minimum Gasteiger partial charge on any atom is -0.445 e. The monoisotopic (exact) mass is 218 g/mol. The number of hydrogen-bond acceptors (Lipinski definition) is 3. The summed E-state index contributed by atoms with van der Waals surface area (Å²) in [4.78, 5) is 13.5. The highest BCUT2D eigenvalue weighted by molar-refractivity contribution is 5.70. The number of fused-ring (bicyclic) bond motifs is 1. The van der Waals surface area contributed by atoms with Crippen LogP contribution in [0.2, 0.25) is 0 Å². The summed E-state index contributed by atoms with van der Waals surface area (Å²) >= 11 is 0. The van der Waals surface area contributed by atoms with Gasteiger partial charge in [0, 0.05) is 19.1 Å². The molecule has 0 aromatic heterocycles. The number of ether oxygens (including phenoxy) is 1. The maximum Gasteiger partial charge on any atom is 0.410 e. The van der Waals surface area contributed by atoms with Crippen molar-refractivity contribution in [3.63, 3.8) is 0 Å². The van der Waals surface area contributed by atoms with Crippen molar-refractivity contribution >= 4 is 6.09 Å². The molecule has 1 amide bonds. The van der Waals surface area contributed by atoms with Gasteiger partial charge in [-0.05, 0) is 5.56 Å². The van der Waals surface area contributed by atoms with E-state index in [1.807, 2.05) is 30.3 Å². The highest BCUT2D eigenvalue weighted by Crippen LogP contribution is 2.25. The van der Waals surface area contributed by atoms with E-state index in [1.54, 1.807) is 4.90 Å². The molecule has 4 nitrogen and oxygen atoms in total. The third-order valence-electron chi connectivity index (χ3n) is 3.29. The van der Waals surface area contributed by atoms with Gasteiger partial charge in [0.05, 0.1) is 6.04 Å². The van der Waals surface area contributed by atoms with Gasteiger partial charge in [-0.25, -0.2) is 4.79 Å². The Kier molecular flexibility index (Phi) is 2.29. The average Bonchev–Trinajstić information content (AvgIpc) is 2.31. The van der Waals surface area contributed by atoms with E-state index in [1.165, 1.54) is 0 Å². The van der Waals surface area contributed by atoms with Crippen LogP contribution in [0, 0.1) is 0 Å². The molecule has 2 saturated heterocycles. The average molecular weight is 218 g/mol. The van der Waals surface area contributed by atoms with E-state index in [-0.39, 0.29) is 6.09 Å². The van der Waals surface area contributed by atoms with Crippen LogP contribution >= 0.6 is 0 Å². The lowest BCUT2D eigenvalue weighted by molar-refractivity contribution is -0.0189. The van der Waals surface area contributed by atoms with Crippen LogP contribution < -0.4 is 5.32 Å². The Morgan fingerprint density at radius 2 is 2.25 bits per heavy atom. The van der Waals surface area contributed by atoms with E-state index in [0.29, 0.717) is 18.7 Å². The second-order valence-electron chi connectivity index (χ2n) is 4.27. The van der Waals surface area contributed by atoms with Crippen LogP contribution in [0.1, 0.15) is 5.56 Å². The highest BCUT2D eigenvalue weighted by atomic mass is 16.6. The minimum atomic E-state index is -0.188. The van der Waals surface area contributed by atoms with Crippen LogP contribution in [0.3, 0.4) is 0 Å². The van der Waals surface area contributed by atoms with Crippen molar-refractivity contribution in [2.24, 2.45) is 0 Å². The molecule has 0 aliphatic carbocycles. The van der Waals surface area contributed by atoms with Gasteiger partial charge in [-0.2, -0.15) is 0 Å². The van der Waals surface area contributed by atoms with Crippen LogP contribution in [0.25, 0.3) is 0 Å². The lowest BCUT2D eigenvalue weighted by Crippen LogP contribution is -2.78. The van der Waals surface area contributed by atoms with Crippen molar-refractivity contribution in [2.75, 3.05) is 13.1 Å². The van der Waals surface area contributed by atoms with Gasteiger partial charge in [0.25, 0.3) is 0 Å². The first kappa shape index (κ1) is 9.66. The molecular weight excluding hydrogens is 204 g/mol. The Labute approximate surface area is 94.2 Å². The van der Waals surface area contributed by atoms with E-state index in [4.69, 9.17) is 4.74 Å². The maximum atomic E-state index is 11.7. The van der Waals surface area contributed by atoms with Crippen molar-refractivity contribution in [1.82, 2.24) is 10.2 Å². The van der Waals surface area contributed by atoms with Crippen LogP contribution in [-0.2, 0) is 11.3 Å². The van der Waals surface area contributed by atoms with Crippen LogP contribution in [0.15, 0.2) is 30.3 Å². The molecule has 4 heteroatoms. The molecule has 2 fully saturated rings. The Bertz CT molecular complexity index is 393. The first-order valence-corrected chi connectivity index (χ1v) is 5.55. The van der Waals surface area contributed by atoms with Crippen molar-refractivity contribution < 1.29 is 9.53 Å². The second-order valence-corrected chi connectivity index (χ2v) is 4.27. The van der Waals surface area contributed by atoms with Crippen molar-refractivity contribution in [3.05, 3.63) is 35.9 Å². The third kappa shape index (κ3) is 1.55. The Hall–Kier alpha value is -1.55. The number of piperazine rings is 1. The molecular formula is C12H14N2O2. The normalized spacial score (nSPS) is 26.4. The van der Waals surface area contributed by atoms with E-state index in [2.05, 4.69) is 5.32 Å². The number of carbonyl (C=O) groups excluding carboxylic acids is 1. The summed E-state index contributed by atoms with van der Waals surface area (Å²) in [5.41, 5.74) is 1.03. The minimum absolute atomic E-state index is 0.188. The molecule has 2 aliphatic heterocycles. The number of benzene rings is 1.